The number of imidazole rings is 1. The molecule has 0 aliphatic heterocycles. The van der Waals surface area contributed by atoms with Crippen LogP contribution in [0.2, 0.25) is 0 Å². The summed E-state index contributed by atoms with van der Waals surface area (Å²) >= 11 is -2.39. The number of hydrogen-bond donors (Lipinski definition) is 1. The molecule has 0 radical (unpaired) electrons. The largest absolute Gasteiger partial charge is 0.377 e. The Kier molecular flexibility index (Phi) is 1.91. The molecule has 1 atom stereocenters. The van der Waals surface area contributed by atoms with Gasteiger partial charge in [-0.05, 0) is 0 Å². The summed E-state index contributed by atoms with van der Waals surface area (Å²) in [7, 11) is 0. The molecule has 68 valence electrons. The van der Waals surface area contributed by atoms with Crippen LogP contribution in [0.15, 0.2) is 18.9 Å². The van der Waals surface area contributed by atoms with Gasteiger partial charge in [-0.25, -0.2) is 15.0 Å². The van der Waals surface area contributed by atoms with Gasteiger partial charge in [-0.3, -0.25) is 8.84 Å². The monoisotopic (exact) mass is 200 g/mol. The minimum absolute atomic E-state index is 0.345. The molecule has 0 spiro atoms. The molecule has 2 aromatic rings. The minimum atomic E-state index is -2.39. The summed E-state index contributed by atoms with van der Waals surface area (Å²) in [6, 6.07) is 0. The first-order valence-corrected chi connectivity index (χ1v) is 4.23. The summed E-state index contributed by atoms with van der Waals surface area (Å²) in [5.41, 5.74) is 0.838. The highest BCUT2D eigenvalue weighted by Gasteiger charge is 2.05. The van der Waals surface area contributed by atoms with Crippen LogP contribution in [-0.4, -0.2) is 28.4 Å². The molecule has 13 heavy (non-hydrogen) atoms. The van der Waals surface area contributed by atoms with Crippen LogP contribution in [0.4, 0.5) is 0 Å². The number of nitrogens with zero attached hydrogens (tertiary/aromatic N) is 4. The Hall–Kier alpha value is -1.54. The predicted octanol–water partition coefficient (Wildman–Crippen LogP) is -0.608. The van der Waals surface area contributed by atoms with E-state index >= 15 is 0 Å². The van der Waals surface area contributed by atoms with Gasteiger partial charge in [-0.15, -0.1) is 4.73 Å². The number of aromatic nitrogens is 4. The molecular formula is C5H4N4O3S. The summed E-state index contributed by atoms with van der Waals surface area (Å²) < 4.78 is 24.2. The Labute approximate surface area is 74.8 Å². The van der Waals surface area contributed by atoms with Crippen molar-refractivity contribution in [2.45, 2.75) is 0 Å². The third-order valence-corrected chi connectivity index (χ3v) is 1.62. The topological polar surface area (TPSA) is 90.1 Å². The van der Waals surface area contributed by atoms with Crippen LogP contribution in [0.5, 0.6) is 0 Å². The fourth-order valence-electron chi connectivity index (χ4n) is 0.869. The molecule has 0 amide bonds. The van der Waals surface area contributed by atoms with E-state index in [9.17, 15) is 4.21 Å². The van der Waals surface area contributed by atoms with E-state index in [0.717, 1.165) is 4.73 Å². The number of fused-ring (bicyclic) bond motifs is 1. The first-order chi connectivity index (χ1) is 6.27. The molecule has 0 fully saturated rings. The van der Waals surface area contributed by atoms with E-state index in [1.165, 1.54) is 18.9 Å². The zero-order valence-electron chi connectivity index (χ0n) is 6.19. The standard InChI is InChI=1S/C5H4N4O3S/c10-13(11)12-9-3-8-4-1-6-2-7-5(4)9/h1-3H,(H,10,11). The maximum Gasteiger partial charge on any atom is 0.377 e. The average molecular weight is 200 g/mol. The molecule has 0 saturated carbocycles. The van der Waals surface area contributed by atoms with Crippen LogP contribution in [0.25, 0.3) is 11.2 Å². The fraction of sp³-hybridized carbons (Fsp3) is 0. The molecule has 1 unspecified atom stereocenters. The zero-order valence-corrected chi connectivity index (χ0v) is 7.01. The van der Waals surface area contributed by atoms with Gasteiger partial charge in [-0.2, -0.15) is 4.21 Å². The number of rotatable bonds is 2. The van der Waals surface area contributed by atoms with Gasteiger partial charge in [0.1, 0.15) is 18.2 Å². The smallest absolute Gasteiger partial charge is 0.282 e. The molecule has 2 heterocycles. The van der Waals surface area contributed by atoms with Gasteiger partial charge in [0.05, 0.1) is 6.20 Å². The van der Waals surface area contributed by atoms with Crippen molar-refractivity contribution in [1.29, 1.82) is 0 Å². The predicted molar refractivity (Wildman–Crippen MR) is 42.7 cm³/mol. The second-order valence-corrected chi connectivity index (χ2v) is 2.68. The molecule has 0 bridgehead atoms. The van der Waals surface area contributed by atoms with Crippen LogP contribution in [0, 0.1) is 0 Å². The highest BCUT2D eigenvalue weighted by molar-refractivity contribution is 7.74. The number of hydrogen-bond acceptors (Lipinski definition) is 5. The first kappa shape index (κ1) is 8.08. The summed E-state index contributed by atoms with van der Waals surface area (Å²) in [6.07, 6.45) is 4.01. The highest BCUT2D eigenvalue weighted by Crippen LogP contribution is 2.04. The quantitative estimate of drug-likeness (QED) is 0.650. The molecule has 2 rings (SSSR count). The van der Waals surface area contributed by atoms with Crippen LogP contribution in [0.1, 0.15) is 0 Å². The zero-order chi connectivity index (χ0) is 9.26. The van der Waals surface area contributed by atoms with Crippen molar-refractivity contribution in [1.82, 2.24) is 19.7 Å². The van der Waals surface area contributed by atoms with E-state index < -0.39 is 11.4 Å². The van der Waals surface area contributed by atoms with Crippen molar-refractivity contribution >= 4 is 22.5 Å². The maximum absolute atomic E-state index is 10.3. The van der Waals surface area contributed by atoms with Crippen LogP contribution >= 0.6 is 0 Å². The lowest BCUT2D eigenvalue weighted by molar-refractivity contribution is 0.279. The normalized spacial score (nSPS) is 13.0. The first-order valence-electron chi connectivity index (χ1n) is 3.20. The van der Waals surface area contributed by atoms with E-state index in [4.69, 9.17) is 4.55 Å². The molecule has 1 N–H and O–H groups in total. The Morgan fingerprint density at radius 2 is 2.38 bits per heavy atom. The third kappa shape index (κ3) is 1.48. The molecule has 2 aromatic heterocycles. The Morgan fingerprint density at radius 1 is 1.54 bits per heavy atom. The van der Waals surface area contributed by atoms with Gasteiger partial charge in [0.15, 0.2) is 0 Å². The fourth-order valence-corrected chi connectivity index (χ4v) is 1.12. The van der Waals surface area contributed by atoms with Crippen molar-refractivity contribution in [3.05, 3.63) is 18.9 Å². The molecule has 8 heteroatoms. The van der Waals surface area contributed by atoms with Crippen molar-refractivity contribution in [3.8, 4) is 0 Å². The molecule has 0 aliphatic rings. The van der Waals surface area contributed by atoms with Crippen molar-refractivity contribution in [2.24, 2.45) is 0 Å². The molecule has 7 nitrogen and oxygen atoms in total. The van der Waals surface area contributed by atoms with Crippen LogP contribution < -0.4 is 4.28 Å². The van der Waals surface area contributed by atoms with Gasteiger partial charge >= 0.3 is 11.4 Å². The lowest BCUT2D eigenvalue weighted by Gasteiger charge is -1.97. The Morgan fingerprint density at radius 3 is 3.15 bits per heavy atom. The van der Waals surface area contributed by atoms with Crippen LogP contribution in [0.3, 0.4) is 0 Å². The van der Waals surface area contributed by atoms with E-state index in [1.807, 2.05) is 0 Å². The van der Waals surface area contributed by atoms with E-state index in [-0.39, 0.29) is 0 Å². The molecule has 0 aliphatic carbocycles. The van der Waals surface area contributed by atoms with E-state index in [0.29, 0.717) is 11.2 Å². The van der Waals surface area contributed by atoms with E-state index in [2.05, 4.69) is 19.2 Å². The lowest BCUT2D eigenvalue weighted by atomic mass is 10.6. The molecular weight excluding hydrogens is 196 g/mol. The van der Waals surface area contributed by atoms with Crippen LogP contribution in [-0.2, 0) is 11.4 Å². The second-order valence-electron chi connectivity index (χ2n) is 2.09. The second kappa shape index (κ2) is 3.07. The minimum Gasteiger partial charge on any atom is -0.282 e. The molecule has 0 aromatic carbocycles. The molecule has 0 saturated heterocycles. The maximum atomic E-state index is 10.3. The summed E-state index contributed by atoms with van der Waals surface area (Å²) in [5, 5.41) is 0. The van der Waals surface area contributed by atoms with Gasteiger partial charge in [0.25, 0.3) is 0 Å². The van der Waals surface area contributed by atoms with Gasteiger partial charge in [0, 0.05) is 0 Å². The Balaban J connectivity index is 2.51. The highest BCUT2D eigenvalue weighted by atomic mass is 32.2. The summed E-state index contributed by atoms with van der Waals surface area (Å²) in [4.78, 5) is 11.4. The van der Waals surface area contributed by atoms with Gasteiger partial charge in [0.2, 0.25) is 5.65 Å². The SMILES string of the molecule is O=S(O)On1cnc2cncnc21. The Bertz CT molecular complexity index is 456. The van der Waals surface area contributed by atoms with Crippen molar-refractivity contribution in [2.75, 3.05) is 0 Å². The van der Waals surface area contributed by atoms with Crippen molar-refractivity contribution < 1.29 is 13.0 Å². The van der Waals surface area contributed by atoms with Crippen molar-refractivity contribution in [3.63, 3.8) is 0 Å². The third-order valence-electron chi connectivity index (χ3n) is 1.33. The average Bonchev–Trinajstić information content (AvgIpc) is 2.48. The summed E-state index contributed by atoms with van der Waals surface area (Å²) in [6.45, 7) is 0. The van der Waals surface area contributed by atoms with Gasteiger partial charge < -0.3 is 0 Å². The van der Waals surface area contributed by atoms with E-state index in [1.54, 1.807) is 0 Å². The lowest BCUT2D eigenvalue weighted by Crippen LogP contribution is -2.12. The summed E-state index contributed by atoms with van der Waals surface area (Å²) in [5.74, 6) is 0. The van der Waals surface area contributed by atoms with Gasteiger partial charge in [-0.1, -0.05) is 0 Å².